The Morgan fingerprint density at radius 2 is 2.18 bits per heavy atom. The van der Waals surface area contributed by atoms with Crippen molar-refractivity contribution in [1.29, 1.82) is 0 Å². The van der Waals surface area contributed by atoms with Crippen molar-refractivity contribution in [3.05, 3.63) is 0 Å². The summed E-state index contributed by atoms with van der Waals surface area (Å²) in [6.45, 7) is 2.01. The summed E-state index contributed by atoms with van der Waals surface area (Å²) >= 11 is 0. The zero-order valence-electron chi connectivity index (χ0n) is 9.72. The molecule has 1 unspecified atom stereocenters. The number of carboxylic acids is 1. The van der Waals surface area contributed by atoms with Crippen LogP contribution in [0.4, 0.5) is 0 Å². The normalized spacial score (nSPS) is 25.5. The molecule has 2 fully saturated rings. The van der Waals surface area contributed by atoms with Crippen molar-refractivity contribution in [3.63, 3.8) is 0 Å². The summed E-state index contributed by atoms with van der Waals surface area (Å²) < 4.78 is 5.11. The number of nitrogens with zero attached hydrogens (tertiary/aromatic N) is 1. The quantitative estimate of drug-likeness (QED) is 0.666. The fraction of sp³-hybridized carbons (Fsp3) is 0.818. The first kappa shape index (κ1) is 12.3. The van der Waals surface area contributed by atoms with Crippen LogP contribution < -0.4 is 5.32 Å². The van der Waals surface area contributed by atoms with Gasteiger partial charge in [0.25, 0.3) is 0 Å². The molecule has 1 saturated heterocycles. The highest BCUT2D eigenvalue weighted by molar-refractivity contribution is 5.80. The van der Waals surface area contributed by atoms with Gasteiger partial charge in [0, 0.05) is 13.1 Å². The van der Waals surface area contributed by atoms with Crippen molar-refractivity contribution in [2.45, 2.75) is 18.9 Å². The van der Waals surface area contributed by atoms with Gasteiger partial charge >= 0.3 is 5.97 Å². The van der Waals surface area contributed by atoms with E-state index >= 15 is 0 Å². The van der Waals surface area contributed by atoms with Crippen LogP contribution in [0.3, 0.4) is 0 Å². The van der Waals surface area contributed by atoms with E-state index in [1.165, 1.54) is 12.8 Å². The standard InChI is InChI=1S/C11H18N2O4/c14-10(12-5-8-1-2-8)6-13-3-4-17-7-9(13)11(15)16/h8-9H,1-7H2,(H,12,14)(H,15,16). The summed E-state index contributed by atoms with van der Waals surface area (Å²) in [5, 5.41) is 11.8. The number of aliphatic carboxylic acids is 1. The molecular weight excluding hydrogens is 224 g/mol. The van der Waals surface area contributed by atoms with E-state index < -0.39 is 12.0 Å². The van der Waals surface area contributed by atoms with Crippen LogP contribution in [0.5, 0.6) is 0 Å². The van der Waals surface area contributed by atoms with Gasteiger partial charge in [-0.15, -0.1) is 0 Å². The highest BCUT2D eigenvalue weighted by atomic mass is 16.5. The largest absolute Gasteiger partial charge is 0.480 e. The second-order valence-corrected chi connectivity index (χ2v) is 4.65. The lowest BCUT2D eigenvalue weighted by molar-refractivity contribution is -0.150. The first-order valence-electron chi connectivity index (χ1n) is 5.98. The van der Waals surface area contributed by atoms with Gasteiger partial charge in [-0.3, -0.25) is 14.5 Å². The number of hydrogen-bond donors (Lipinski definition) is 2. The third kappa shape index (κ3) is 3.67. The summed E-state index contributed by atoms with van der Waals surface area (Å²) in [6.07, 6.45) is 2.38. The molecule has 0 radical (unpaired) electrons. The van der Waals surface area contributed by atoms with Gasteiger partial charge in [-0.05, 0) is 18.8 Å². The summed E-state index contributed by atoms with van der Waals surface area (Å²) in [7, 11) is 0. The van der Waals surface area contributed by atoms with Crippen LogP contribution in [0.1, 0.15) is 12.8 Å². The van der Waals surface area contributed by atoms with Crippen molar-refractivity contribution in [2.24, 2.45) is 5.92 Å². The van der Waals surface area contributed by atoms with E-state index in [1.807, 2.05) is 0 Å². The zero-order chi connectivity index (χ0) is 12.3. The maximum absolute atomic E-state index is 11.6. The number of carbonyl (C=O) groups excluding carboxylic acids is 1. The smallest absolute Gasteiger partial charge is 0.323 e. The average Bonchev–Trinajstić information content (AvgIpc) is 3.10. The molecule has 2 N–H and O–H groups in total. The van der Waals surface area contributed by atoms with Gasteiger partial charge in [-0.1, -0.05) is 0 Å². The maximum Gasteiger partial charge on any atom is 0.323 e. The first-order chi connectivity index (χ1) is 8.16. The lowest BCUT2D eigenvalue weighted by Gasteiger charge is -2.32. The number of carboxylic acid groups (broad SMARTS) is 1. The fourth-order valence-electron chi connectivity index (χ4n) is 1.88. The molecule has 2 rings (SSSR count). The molecule has 1 amide bonds. The van der Waals surface area contributed by atoms with Gasteiger partial charge < -0.3 is 15.2 Å². The minimum absolute atomic E-state index is 0.0925. The number of nitrogens with one attached hydrogen (secondary N) is 1. The molecule has 96 valence electrons. The van der Waals surface area contributed by atoms with Crippen LogP contribution in [-0.2, 0) is 14.3 Å². The van der Waals surface area contributed by atoms with Gasteiger partial charge in [-0.2, -0.15) is 0 Å². The van der Waals surface area contributed by atoms with Crippen LogP contribution >= 0.6 is 0 Å². The molecule has 1 aliphatic carbocycles. The molecule has 0 spiro atoms. The molecule has 2 aliphatic rings. The molecule has 6 nitrogen and oxygen atoms in total. The van der Waals surface area contributed by atoms with Crippen LogP contribution in [-0.4, -0.2) is 60.8 Å². The Labute approximate surface area is 99.9 Å². The lowest BCUT2D eigenvalue weighted by atomic mass is 10.2. The highest BCUT2D eigenvalue weighted by Crippen LogP contribution is 2.27. The van der Waals surface area contributed by atoms with Gasteiger partial charge in [0.05, 0.1) is 19.8 Å². The number of amides is 1. The molecule has 0 aromatic carbocycles. The number of morpholine rings is 1. The Morgan fingerprint density at radius 3 is 2.82 bits per heavy atom. The Kier molecular flexibility index (Phi) is 3.96. The molecule has 1 heterocycles. The van der Waals surface area contributed by atoms with E-state index in [9.17, 15) is 9.59 Å². The second kappa shape index (κ2) is 5.46. The Morgan fingerprint density at radius 1 is 1.41 bits per heavy atom. The molecule has 1 saturated carbocycles. The number of carbonyl (C=O) groups is 2. The van der Waals surface area contributed by atoms with Crippen LogP contribution in [0, 0.1) is 5.92 Å². The van der Waals surface area contributed by atoms with Gasteiger partial charge in [0.15, 0.2) is 0 Å². The fourth-order valence-corrected chi connectivity index (χ4v) is 1.88. The highest BCUT2D eigenvalue weighted by Gasteiger charge is 2.30. The monoisotopic (exact) mass is 242 g/mol. The van der Waals surface area contributed by atoms with Crippen LogP contribution in [0.25, 0.3) is 0 Å². The number of ether oxygens (including phenoxy) is 1. The van der Waals surface area contributed by atoms with Crippen LogP contribution in [0.15, 0.2) is 0 Å². The summed E-state index contributed by atoms with van der Waals surface area (Å²) in [5.41, 5.74) is 0. The SMILES string of the molecule is O=C(CN1CCOCC1C(=O)O)NCC1CC1. The van der Waals surface area contributed by atoms with Crippen molar-refractivity contribution in [2.75, 3.05) is 32.8 Å². The van der Waals surface area contributed by atoms with Gasteiger partial charge in [0.1, 0.15) is 6.04 Å². The zero-order valence-corrected chi connectivity index (χ0v) is 9.72. The molecule has 1 aliphatic heterocycles. The molecule has 0 aromatic heterocycles. The average molecular weight is 242 g/mol. The number of rotatable bonds is 5. The van der Waals surface area contributed by atoms with Gasteiger partial charge in [0.2, 0.25) is 5.91 Å². The predicted octanol–water partition coefficient (Wildman–Crippen LogP) is -0.702. The Hall–Kier alpha value is -1.14. The third-order valence-electron chi connectivity index (χ3n) is 3.16. The minimum Gasteiger partial charge on any atom is -0.480 e. The second-order valence-electron chi connectivity index (χ2n) is 4.65. The molecule has 17 heavy (non-hydrogen) atoms. The van der Waals surface area contributed by atoms with E-state index in [0.29, 0.717) is 19.1 Å². The Bertz CT molecular complexity index is 304. The van der Waals surface area contributed by atoms with E-state index in [-0.39, 0.29) is 19.1 Å². The topological polar surface area (TPSA) is 78.9 Å². The van der Waals surface area contributed by atoms with E-state index in [1.54, 1.807) is 4.90 Å². The summed E-state index contributed by atoms with van der Waals surface area (Å²) in [4.78, 5) is 24.3. The molecule has 6 heteroatoms. The number of hydrogen-bond acceptors (Lipinski definition) is 4. The maximum atomic E-state index is 11.6. The molecule has 0 bridgehead atoms. The van der Waals surface area contributed by atoms with E-state index in [2.05, 4.69) is 5.32 Å². The molecule has 0 aromatic rings. The summed E-state index contributed by atoms with van der Waals surface area (Å²) in [6, 6.07) is -0.699. The van der Waals surface area contributed by atoms with Gasteiger partial charge in [-0.25, -0.2) is 0 Å². The minimum atomic E-state index is -0.931. The van der Waals surface area contributed by atoms with Crippen LogP contribution in [0.2, 0.25) is 0 Å². The third-order valence-corrected chi connectivity index (χ3v) is 3.16. The van der Waals surface area contributed by atoms with Crippen molar-refractivity contribution >= 4 is 11.9 Å². The summed E-state index contributed by atoms with van der Waals surface area (Å²) in [5.74, 6) is -0.386. The van der Waals surface area contributed by atoms with E-state index in [4.69, 9.17) is 9.84 Å². The van der Waals surface area contributed by atoms with Crippen molar-refractivity contribution in [3.8, 4) is 0 Å². The van der Waals surface area contributed by atoms with Crippen molar-refractivity contribution in [1.82, 2.24) is 10.2 Å². The predicted molar refractivity (Wildman–Crippen MR) is 59.5 cm³/mol. The van der Waals surface area contributed by atoms with E-state index in [0.717, 1.165) is 6.54 Å². The molecular formula is C11H18N2O4. The molecule has 1 atom stereocenters. The first-order valence-corrected chi connectivity index (χ1v) is 5.98. The Balaban J connectivity index is 1.77. The lowest BCUT2D eigenvalue weighted by Crippen LogP contribution is -2.53. The van der Waals surface area contributed by atoms with Crippen molar-refractivity contribution < 1.29 is 19.4 Å².